The monoisotopic (exact) mass is 342 g/mol. The van der Waals surface area contributed by atoms with Crippen molar-refractivity contribution in [3.63, 3.8) is 0 Å². The van der Waals surface area contributed by atoms with Crippen molar-refractivity contribution in [1.29, 1.82) is 0 Å². The number of hydrogen-bond acceptors (Lipinski definition) is 5. The lowest BCUT2D eigenvalue weighted by molar-refractivity contribution is 0.340. The van der Waals surface area contributed by atoms with E-state index in [4.69, 9.17) is 4.74 Å². The fraction of sp³-hybridized carbons (Fsp3) is 0.111. The molecule has 7 heteroatoms. The van der Waals surface area contributed by atoms with Crippen molar-refractivity contribution in [1.82, 2.24) is 9.97 Å². The van der Waals surface area contributed by atoms with Crippen LogP contribution >= 0.6 is 0 Å². The second-order valence-corrected chi connectivity index (χ2v) is 5.07. The molecule has 0 fully saturated rings. The van der Waals surface area contributed by atoms with Crippen LogP contribution < -0.4 is 15.4 Å². The predicted octanol–water partition coefficient (Wildman–Crippen LogP) is 4.64. The van der Waals surface area contributed by atoms with Gasteiger partial charge in [0.25, 0.3) is 0 Å². The maximum absolute atomic E-state index is 13.7. The van der Waals surface area contributed by atoms with Crippen molar-refractivity contribution in [2.24, 2.45) is 0 Å². The smallest absolute Gasteiger partial charge is 0.229 e. The number of ether oxygens (including phenoxy) is 1. The van der Waals surface area contributed by atoms with Gasteiger partial charge in [-0.3, -0.25) is 0 Å². The molecule has 0 atom stereocenters. The normalized spacial score (nSPS) is 10.4. The first-order chi connectivity index (χ1) is 12.2. The highest BCUT2D eigenvalue weighted by Crippen LogP contribution is 2.23. The van der Waals surface area contributed by atoms with Crippen molar-refractivity contribution < 1.29 is 13.5 Å². The van der Waals surface area contributed by atoms with Crippen LogP contribution in [0, 0.1) is 11.6 Å². The molecule has 1 aromatic heterocycles. The molecule has 0 unspecified atom stereocenters. The molecule has 0 aliphatic heterocycles. The molecule has 0 radical (unpaired) electrons. The number of anilines is 4. The van der Waals surface area contributed by atoms with Crippen LogP contribution in [0.5, 0.6) is 5.75 Å². The molecule has 25 heavy (non-hydrogen) atoms. The van der Waals surface area contributed by atoms with Gasteiger partial charge in [0.1, 0.15) is 28.9 Å². The minimum absolute atomic E-state index is 0.0833. The number of halogens is 2. The van der Waals surface area contributed by atoms with Gasteiger partial charge in [0.2, 0.25) is 5.95 Å². The Morgan fingerprint density at radius 2 is 1.68 bits per heavy atom. The summed E-state index contributed by atoms with van der Waals surface area (Å²) < 4.78 is 32.8. The first-order valence-corrected chi connectivity index (χ1v) is 7.69. The van der Waals surface area contributed by atoms with Gasteiger partial charge in [0.05, 0.1) is 6.61 Å². The molecule has 0 aliphatic rings. The van der Waals surface area contributed by atoms with Gasteiger partial charge in [-0.1, -0.05) is 6.07 Å². The fourth-order valence-electron chi connectivity index (χ4n) is 2.17. The Balaban J connectivity index is 1.75. The summed E-state index contributed by atoms with van der Waals surface area (Å²) in [5.74, 6) is -0.0894. The van der Waals surface area contributed by atoms with E-state index in [1.54, 1.807) is 6.07 Å². The second kappa shape index (κ2) is 7.57. The number of hydrogen-bond donors (Lipinski definition) is 2. The van der Waals surface area contributed by atoms with Gasteiger partial charge in [-0.15, -0.1) is 0 Å². The summed E-state index contributed by atoms with van der Waals surface area (Å²) in [6.45, 7) is 2.51. The molecule has 0 aliphatic carbocycles. The van der Waals surface area contributed by atoms with E-state index in [1.165, 1.54) is 12.3 Å². The van der Waals surface area contributed by atoms with Crippen molar-refractivity contribution >= 4 is 23.1 Å². The third-order valence-electron chi connectivity index (χ3n) is 3.29. The fourth-order valence-corrected chi connectivity index (χ4v) is 2.17. The van der Waals surface area contributed by atoms with Gasteiger partial charge < -0.3 is 15.4 Å². The van der Waals surface area contributed by atoms with E-state index in [1.807, 2.05) is 31.2 Å². The number of benzene rings is 2. The average molecular weight is 342 g/mol. The van der Waals surface area contributed by atoms with Crippen LogP contribution in [0.3, 0.4) is 0 Å². The summed E-state index contributed by atoms with van der Waals surface area (Å²) in [6, 6.07) is 12.6. The molecule has 2 aromatic carbocycles. The first-order valence-electron chi connectivity index (χ1n) is 7.69. The van der Waals surface area contributed by atoms with Crippen LogP contribution in [0.15, 0.2) is 54.7 Å². The molecule has 0 saturated carbocycles. The minimum Gasteiger partial charge on any atom is -0.494 e. The summed E-state index contributed by atoms with van der Waals surface area (Å²) in [5, 5.41) is 5.65. The summed E-state index contributed by atoms with van der Waals surface area (Å²) in [5.41, 5.74) is 0.505. The minimum atomic E-state index is -0.714. The number of rotatable bonds is 6. The van der Waals surface area contributed by atoms with Crippen molar-refractivity contribution in [3.05, 3.63) is 66.4 Å². The van der Waals surface area contributed by atoms with Crippen LogP contribution in [0.1, 0.15) is 6.92 Å². The lowest BCUT2D eigenvalue weighted by atomic mass is 10.3. The molecule has 0 amide bonds. The van der Waals surface area contributed by atoms with Crippen LogP contribution in [0.2, 0.25) is 0 Å². The Morgan fingerprint density at radius 3 is 2.36 bits per heavy atom. The average Bonchev–Trinajstić information content (AvgIpc) is 2.61. The van der Waals surface area contributed by atoms with Crippen LogP contribution in [0.25, 0.3) is 0 Å². The van der Waals surface area contributed by atoms with E-state index in [0.29, 0.717) is 12.4 Å². The van der Waals surface area contributed by atoms with E-state index in [9.17, 15) is 8.78 Å². The van der Waals surface area contributed by atoms with Crippen molar-refractivity contribution in [2.75, 3.05) is 17.2 Å². The van der Waals surface area contributed by atoms with Crippen LogP contribution in [-0.4, -0.2) is 16.6 Å². The Bertz CT molecular complexity index is 836. The van der Waals surface area contributed by atoms with Crippen LogP contribution in [0.4, 0.5) is 31.9 Å². The lowest BCUT2D eigenvalue weighted by Gasteiger charge is -2.10. The largest absolute Gasteiger partial charge is 0.494 e. The second-order valence-electron chi connectivity index (χ2n) is 5.07. The summed E-state index contributed by atoms with van der Waals surface area (Å²) in [4.78, 5) is 8.19. The zero-order chi connectivity index (χ0) is 17.6. The predicted molar refractivity (Wildman–Crippen MR) is 92.6 cm³/mol. The highest BCUT2D eigenvalue weighted by Gasteiger charge is 2.10. The Morgan fingerprint density at radius 1 is 0.960 bits per heavy atom. The maximum atomic E-state index is 13.7. The van der Waals surface area contributed by atoms with Gasteiger partial charge in [-0.2, -0.15) is 4.98 Å². The van der Waals surface area contributed by atoms with E-state index in [2.05, 4.69) is 20.6 Å². The zero-order valence-corrected chi connectivity index (χ0v) is 13.5. The Hall–Kier alpha value is -3.22. The SMILES string of the molecule is CCOc1ccc(Nc2ccnc(Nc3c(F)cccc3F)n2)cc1. The molecular weight excluding hydrogens is 326 g/mol. The Kier molecular flexibility index (Phi) is 5.03. The highest BCUT2D eigenvalue weighted by molar-refractivity contribution is 5.60. The summed E-state index contributed by atoms with van der Waals surface area (Å²) in [7, 11) is 0. The van der Waals surface area contributed by atoms with E-state index in [0.717, 1.165) is 23.6 Å². The molecule has 3 aromatic rings. The molecule has 0 saturated heterocycles. The number of para-hydroxylation sites is 1. The zero-order valence-electron chi connectivity index (χ0n) is 13.5. The van der Waals surface area contributed by atoms with E-state index in [-0.39, 0.29) is 11.6 Å². The number of nitrogens with one attached hydrogen (secondary N) is 2. The highest BCUT2D eigenvalue weighted by atomic mass is 19.1. The van der Waals surface area contributed by atoms with Crippen LogP contribution in [-0.2, 0) is 0 Å². The van der Waals surface area contributed by atoms with Gasteiger partial charge in [0.15, 0.2) is 0 Å². The van der Waals surface area contributed by atoms with E-state index < -0.39 is 11.6 Å². The molecule has 0 bridgehead atoms. The van der Waals surface area contributed by atoms with Gasteiger partial charge >= 0.3 is 0 Å². The topological polar surface area (TPSA) is 59.1 Å². The van der Waals surface area contributed by atoms with Crippen molar-refractivity contribution in [2.45, 2.75) is 6.92 Å². The molecule has 0 spiro atoms. The molecule has 128 valence electrons. The number of nitrogens with zero attached hydrogens (tertiary/aromatic N) is 2. The third kappa shape index (κ3) is 4.20. The maximum Gasteiger partial charge on any atom is 0.229 e. The summed E-state index contributed by atoms with van der Waals surface area (Å²) in [6.07, 6.45) is 1.49. The van der Waals surface area contributed by atoms with Gasteiger partial charge in [-0.05, 0) is 49.4 Å². The van der Waals surface area contributed by atoms with Crippen molar-refractivity contribution in [3.8, 4) is 5.75 Å². The molecule has 5 nitrogen and oxygen atoms in total. The molecule has 3 rings (SSSR count). The molecule has 2 N–H and O–H groups in total. The van der Waals surface area contributed by atoms with E-state index >= 15 is 0 Å². The molecule has 1 heterocycles. The number of aromatic nitrogens is 2. The quantitative estimate of drug-likeness (QED) is 0.683. The lowest BCUT2D eigenvalue weighted by Crippen LogP contribution is -2.03. The third-order valence-corrected chi connectivity index (χ3v) is 3.29. The summed E-state index contributed by atoms with van der Waals surface area (Å²) >= 11 is 0. The van der Waals surface area contributed by atoms with Gasteiger partial charge in [-0.25, -0.2) is 13.8 Å². The Labute approximate surface area is 143 Å². The molecular formula is C18H16F2N4O. The van der Waals surface area contributed by atoms with Gasteiger partial charge in [0, 0.05) is 11.9 Å². The first kappa shape index (κ1) is 16.6. The standard InChI is InChI=1S/C18H16F2N4O/c1-2-25-13-8-6-12(7-9-13)22-16-10-11-21-18(23-16)24-17-14(19)4-3-5-15(17)20/h3-11H,2H2,1H3,(H2,21,22,23,24).